The summed E-state index contributed by atoms with van der Waals surface area (Å²) in [5.74, 6) is 0.490. The highest BCUT2D eigenvalue weighted by Gasteiger charge is 2.24. The van der Waals surface area contributed by atoms with Gasteiger partial charge in [-0.3, -0.25) is 4.99 Å². The second-order valence-electron chi connectivity index (χ2n) is 12.1. The zero-order valence-electron chi connectivity index (χ0n) is 25.1. The van der Waals surface area contributed by atoms with E-state index in [1.54, 1.807) is 0 Å². The van der Waals surface area contributed by atoms with Crippen LogP contribution in [0.25, 0.3) is 54.6 Å². The molecule has 0 bridgehead atoms. The Kier molecular flexibility index (Phi) is 6.80. The lowest BCUT2D eigenvalue weighted by Crippen LogP contribution is -2.11. The number of aryl methyl sites for hydroxylation is 1. The third-order valence-corrected chi connectivity index (χ3v) is 9.62. The summed E-state index contributed by atoms with van der Waals surface area (Å²) in [7, 11) is 0. The minimum absolute atomic E-state index is 0.148. The van der Waals surface area contributed by atoms with Crippen molar-refractivity contribution in [3.05, 3.63) is 156 Å². The maximum Gasteiger partial charge on any atom is 0.0757 e. The third kappa shape index (κ3) is 4.52. The smallest absolute Gasteiger partial charge is 0.0757 e. The molecule has 0 fully saturated rings. The molecule has 0 aromatic heterocycles. The van der Waals surface area contributed by atoms with Gasteiger partial charge in [0.2, 0.25) is 0 Å². The largest absolute Gasteiger partial charge is 0.289 e. The molecule has 8 rings (SSSR count). The van der Waals surface area contributed by atoms with Gasteiger partial charge in [0.1, 0.15) is 0 Å². The fraction of sp³-hybridized carbons (Fsp3) is 0.140. The summed E-state index contributed by atoms with van der Waals surface area (Å²) < 4.78 is 0. The average molecular weight is 566 g/mol. The normalized spacial score (nSPS) is 16.6. The Labute approximate surface area is 259 Å². The van der Waals surface area contributed by atoms with Crippen molar-refractivity contribution in [2.75, 3.05) is 0 Å². The van der Waals surface area contributed by atoms with Crippen molar-refractivity contribution >= 4 is 38.5 Å². The second kappa shape index (κ2) is 11.2. The van der Waals surface area contributed by atoms with E-state index in [-0.39, 0.29) is 6.04 Å². The summed E-state index contributed by atoms with van der Waals surface area (Å²) >= 11 is 0. The van der Waals surface area contributed by atoms with Crippen LogP contribution in [-0.2, 0) is 6.42 Å². The molecule has 0 aliphatic carbocycles. The van der Waals surface area contributed by atoms with Crippen LogP contribution in [0.15, 0.2) is 145 Å². The fourth-order valence-corrected chi connectivity index (χ4v) is 7.43. The Morgan fingerprint density at radius 1 is 0.545 bits per heavy atom. The predicted octanol–water partition coefficient (Wildman–Crippen LogP) is 11.7. The molecule has 1 aliphatic heterocycles. The van der Waals surface area contributed by atoms with E-state index in [2.05, 4.69) is 153 Å². The second-order valence-corrected chi connectivity index (χ2v) is 12.1. The van der Waals surface area contributed by atoms with Gasteiger partial charge in [0.15, 0.2) is 0 Å². The van der Waals surface area contributed by atoms with Crippen LogP contribution in [0.4, 0.5) is 0 Å². The van der Waals surface area contributed by atoms with E-state index in [0.717, 1.165) is 19.3 Å². The van der Waals surface area contributed by atoms with Crippen molar-refractivity contribution < 1.29 is 0 Å². The number of aliphatic imine (C=N–C) groups is 1. The summed E-state index contributed by atoms with van der Waals surface area (Å²) in [4.78, 5) is 5.06. The van der Waals surface area contributed by atoms with Gasteiger partial charge in [0, 0.05) is 6.21 Å². The molecule has 1 aliphatic rings. The van der Waals surface area contributed by atoms with Crippen LogP contribution in [0.2, 0.25) is 0 Å². The van der Waals surface area contributed by atoms with Gasteiger partial charge in [-0.15, -0.1) is 0 Å². The molecule has 2 unspecified atom stereocenters. The highest BCUT2D eigenvalue weighted by atomic mass is 14.8. The van der Waals surface area contributed by atoms with Crippen molar-refractivity contribution in [3.63, 3.8) is 0 Å². The van der Waals surface area contributed by atoms with Crippen molar-refractivity contribution in [2.45, 2.75) is 38.1 Å². The monoisotopic (exact) mass is 565 g/mol. The first-order valence-corrected chi connectivity index (χ1v) is 15.9. The molecule has 0 saturated heterocycles. The quantitative estimate of drug-likeness (QED) is 0.184. The molecular formula is C43H35N. The molecule has 212 valence electrons. The van der Waals surface area contributed by atoms with E-state index in [4.69, 9.17) is 4.99 Å². The van der Waals surface area contributed by atoms with E-state index < -0.39 is 0 Å². The number of rotatable bonds is 5. The first kappa shape index (κ1) is 26.6. The third-order valence-electron chi connectivity index (χ3n) is 9.62. The lowest BCUT2D eigenvalue weighted by atomic mass is 9.82. The Hall–Kier alpha value is -5.01. The molecule has 7 aromatic carbocycles. The molecule has 1 heterocycles. The maximum atomic E-state index is 5.06. The van der Waals surface area contributed by atoms with Gasteiger partial charge in [-0.2, -0.15) is 0 Å². The summed E-state index contributed by atoms with van der Waals surface area (Å²) in [5.41, 5.74) is 9.26. The fourth-order valence-electron chi connectivity index (χ4n) is 7.43. The van der Waals surface area contributed by atoms with Crippen molar-refractivity contribution in [1.29, 1.82) is 0 Å². The Balaban J connectivity index is 1.33. The first-order valence-electron chi connectivity index (χ1n) is 15.9. The zero-order chi connectivity index (χ0) is 29.5. The summed E-state index contributed by atoms with van der Waals surface area (Å²) in [6.07, 6.45) is 5.23. The molecule has 0 spiro atoms. The first-order chi connectivity index (χ1) is 21.8. The lowest BCUT2D eigenvalue weighted by molar-refractivity contribution is 0.538. The Morgan fingerprint density at radius 2 is 1.14 bits per heavy atom. The molecule has 1 heteroatoms. The van der Waals surface area contributed by atoms with E-state index in [1.807, 2.05) is 0 Å². The number of benzene rings is 7. The SMILES string of the molecule is CCc1ccc(-c2c3ccccc3c(-c3cccc4c(C5CC(c6ccccc6)CC=N5)cccc34)c3ccccc23)cc1. The van der Waals surface area contributed by atoms with Crippen molar-refractivity contribution in [1.82, 2.24) is 0 Å². The Bertz CT molecular complexity index is 2100. The molecule has 1 nitrogen and oxygen atoms in total. The van der Waals surface area contributed by atoms with Gasteiger partial charge < -0.3 is 0 Å². The van der Waals surface area contributed by atoms with Gasteiger partial charge in [-0.25, -0.2) is 0 Å². The summed E-state index contributed by atoms with van der Waals surface area (Å²) in [6, 6.07) is 51.8. The van der Waals surface area contributed by atoms with Crippen LogP contribution in [0, 0.1) is 0 Å². The van der Waals surface area contributed by atoms with Gasteiger partial charge >= 0.3 is 0 Å². The van der Waals surface area contributed by atoms with E-state index >= 15 is 0 Å². The molecule has 44 heavy (non-hydrogen) atoms. The van der Waals surface area contributed by atoms with Gasteiger partial charge in [-0.05, 0) is 96.4 Å². The van der Waals surface area contributed by atoms with Gasteiger partial charge in [-0.1, -0.05) is 146 Å². The lowest BCUT2D eigenvalue weighted by Gasteiger charge is -2.26. The van der Waals surface area contributed by atoms with Crippen LogP contribution in [0.3, 0.4) is 0 Å². The zero-order valence-corrected chi connectivity index (χ0v) is 25.1. The van der Waals surface area contributed by atoms with Gasteiger partial charge in [0.05, 0.1) is 6.04 Å². The van der Waals surface area contributed by atoms with Crippen molar-refractivity contribution in [3.8, 4) is 22.3 Å². The molecule has 0 radical (unpaired) electrons. The van der Waals surface area contributed by atoms with Crippen LogP contribution in [0.5, 0.6) is 0 Å². The molecule has 2 atom stereocenters. The Morgan fingerprint density at radius 3 is 1.82 bits per heavy atom. The predicted molar refractivity (Wildman–Crippen MR) is 189 cm³/mol. The van der Waals surface area contributed by atoms with E-state index in [9.17, 15) is 0 Å². The molecule has 0 N–H and O–H groups in total. The van der Waals surface area contributed by atoms with Crippen molar-refractivity contribution in [2.24, 2.45) is 4.99 Å². The number of nitrogens with zero attached hydrogens (tertiary/aromatic N) is 1. The molecule has 7 aromatic rings. The van der Waals surface area contributed by atoms with Crippen LogP contribution in [-0.4, -0.2) is 6.21 Å². The molecule has 0 saturated carbocycles. The minimum Gasteiger partial charge on any atom is -0.289 e. The van der Waals surface area contributed by atoms with Crippen LogP contribution >= 0.6 is 0 Å². The number of fused-ring (bicyclic) bond motifs is 3. The molecular weight excluding hydrogens is 530 g/mol. The minimum atomic E-state index is 0.148. The average Bonchev–Trinajstić information content (AvgIpc) is 3.10. The highest BCUT2D eigenvalue weighted by Crippen LogP contribution is 2.46. The van der Waals surface area contributed by atoms with Crippen LogP contribution in [0.1, 0.15) is 48.4 Å². The number of hydrogen-bond donors (Lipinski definition) is 0. The standard InChI is InChI=1S/C43H35N/c1-2-29-22-24-31(25-23-29)42-37-14-6-8-16-39(37)43(40-17-9-7-15-38(40)42)36-21-11-18-33-34(36)19-10-20-35(33)41-28-32(26-27-44-41)30-12-4-3-5-13-30/h3-25,27,32,41H,2,26,28H2,1H3. The summed E-state index contributed by atoms with van der Waals surface area (Å²) in [6.45, 7) is 2.21. The number of hydrogen-bond acceptors (Lipinski definition) is 1. The summed E-state index contributed by atoms with van der Waals surface area (Å²) in [5, 5.41) is 7.75. The topological polar surface area (TPSA) is 12.4 Å². The molecule has 0 amide bonds. The highest BCUT2D eigenvalue weighted by molar-refractivity contribution is 6.23. The maximum absolute atomic E-state index is 5.06. The van der Waals surface area contributed by atoms with Gasteiger partial charge in [0.25, 0.3) is 0 Å². The van der Waals surface area contributed by atoms with E-state index in [0.29, 0.717) is 5.92 Å². The van der Waals surface area contributed by atoms with Crippen LogP contribution < -0.4 is 0 Å². The van der Waals surface area contributed by atoms with E-state index in [1.165, 1.54) is 71.3 Å².